The van der Waals surface area contributed by atoms with Gasteiger partial charge in [0, 0.05) is 5.56 Å². The second-order valence-corrected chi connectivity index (χ2v) is 6.10. The van der Waals surface area contributed by atoms with Crippen molar-refractivity contribution in [2.24, 2.45) is 0 Å². The Bertz CT molecular complexity index is 785. The Kier molecular flexibility index (Phi) is 3.41. The van der Waals surface area contributed by atoms with Crippen molar-refractivity contribution in [1.82, 2.24) is 5.16 Å². The van der Waals surface area contributed by atoms with E-state index in [0.29, 0.717) is 15.6 Å². The number of thiophene rings is 1. The minimum absolute atomic E-state index is 0.0123. The fraction of sp³-hybridized carbons (Fsp3) is 0. The van der Waals surface area contributed by atoms with E-state index in [9.17, 15) is 4.39 Å². The van der Waals surface area contributed by atoms with Crippen molar-refractivity contribution in [2.45, 2.75) is 0 Å². The largest absolute Gasteiger partial charge is 0.367 e. The van der Waals surface area contributed by atoms with E-state index in [1.54, 1.807) is 24.3 Å². The lowest BCUT2D eigenvalue weighted by atomic mass is 10.0. The van der Waals surface area contributed by atoms with Crippen molar-refractivity contribution in [2.75, 3.05) is 5.73 Å². The van der Waals surface area contributed by atoms with Crippen molar-refractivity contribution in [1.29, 1.82) is 0 Å². The monoisotopic (exact) mass is 328 g/mol. The van der Waals surface area contributed by atoms with Crippen LogP contribution in [-0.2, 0) is 0 Å². The Morgan fingerprint density at radius 3 is 2.70 bits per heavy atom. The number of hydrogen-bond acceptors (Lipinski definition) is 4. The molecule has 7 heteroatoms. The van der Waals surface area contributed by atoms with E-state index in [0.717, 1.165) is 4.88 Å². The summed E-state index contributed by atoms with van der Waals surface area (Å²) in [5.41, 5.74) is 6.84. The topological polar surface area (TPSA) is 52.0 Å². The van der Waals surface area contributed by atoms with Gasteiger partial charge in [-0.05, 0) is 18.2 Å². The van der Waals surface area contributed by atoms with Gasteiger partial charge < -0.3 is 10.3 Å². The molecule has 0 saturated heterocycles. The smallest absolute Gasteiger partial charge is 0.230 e. The van der Waals surface area contributed by atoms with Crippen molar-refractivity contribution >= 4 is 40.4 Å². The fourth-order valence-electron chi connectivity index (χ4n) is 1.87. The van der Waals surface area contributed by atoms with Crippen LogP contribution in [0.5, 0.6) is 0 Å². The Balaban J connectivity index is 2.24. The number of aromatic nitrogens is 1. The summed E-state index contributed by atoms with van der Waals surface area (Å²) in [7, 11) is 0. The van der Waals surface area contributed by atoms with Crippen LogP contribution in [0.1, 0.15) is 0 Å². The predicted octanol–water partition coefficient (Wildman–Crippen LogP) is 5.10. The molecule has 0 spiro atoms. The number of nitrogen functional groups attached to an aromatic ring is 1. The highest BCUT2D eigenvalue weighted by Gasteiger charge is 2.22. The molecule has 0 aliphatic rings. The molecule has 1 aromatic carbocycles. The molecule has 2 N–H and O–H groups in total. The number of halogens is 3. The van der Waals surface area contributed by atoms with Crippen LogP contribution >= 0.6 is 34.5 Å². The first-order chi connectivity index (χ1) is 9.58. The standard InChI is InChI=1S/C13H7Cl2FN2OS/c14-7-3-1-2-6(11(7)16)10-12(18-19-13(10)17)8-4-5-9(15)20-8/h1-5H,17H2. The first kappa shape index (κ1) is 13.4. The zero-order chi connectivity index (χ0) is 14.3. The van der Waals surface area contributed by atoms with Gasteiger partial charge in [-0.25, -0.2) is 4.39 Å². The zero-order valence-corrected chi connectivity index (χ0v) is 12.2. The molecule has 0 amide bonds. The third-order valence-corrected chi connectivity index (χ3v) is 4.28. The molecule has 2 heterocycles. The van der Waals surface area contributed by atoms with Crippen LogP contribution in [0.15, 0.2) is 34.9 Å². The molecule has 0 bridgehead atoms. The normalized spacial score (nSPS) is 10.9. The van der Waals surface area contributed by atoms with Crippen LogP contribution in [0.25, 0.3) is 21.7 Å². The maximum Gasteiger partial charge on any atom is 0.230 e. The maximum atomic E-state index is 14.2. The molecule has 0 unspecified atom stereocenters. The van der Waals surface area contributed by atoms with Gasteiger partial charge in [0.2, 0.25) is 5.88 Å². The Hall–Kier alpha value is -1.56. The highest BCUT2D eigenvalue weighted by atomic mass is 35.5. The lowest BCUT2D eigenvalue weighted by molar-refractivity contribution is 0.439. The van der Waals surface area contributed by atoms with Gasteiger partial charge in [0.25, 0.3) is 0 Å². The molecule has 102 valence electrons. The third-order valence-electron chi connectivity index (χ3n) is 2.75. The van der Waals surface area contributed by atoms with E-state index in [1.165, 1.54) is 17.4 Å². The summed E-state index contributed by atoms with van der Waals surface area (Å²) in [4.78, 5) is 0.741. The number of anilines is 1. The fourth-order valence-corrected chi connectivity index (χ4v) is 3.07. The van der Waals surface area contributed by atoms with E-state index in [2.05, 4.69) is 5.16 Å². The average Bonchev–Trinajstić information content (AvgIpc) is 2.99. The molecule has 0 aliphatic carbocycles. The van der Waals surface area contributed by atoms with Gasteiger partial charge in [-0.2, -0.15) is 0 Å². The summed E-state index contributed by atoms with van der Waals surface area (Å²) in [6.07, 6.45) is 0. The molecule has 0 atom stereocenters. The Morgan fingerprint density at radius 1 is 1.20 bits per heavy atom. The van der Waals surface area contributed by atoms with Crippen molar-refractivity contribution < 1.29 is 8.91 Å². The number of hydrogen-bond donors (Lipinski definition) is 1. The number of nitrogens with two attached hydrogens (primary N) is 1. The Morgan fingerprint density at radius 2 is 2.00 bits per heavy atom. The zero-order valence-electron chi connectivity index (χ0n) is 9.86. The van der Waals surface area contributed by atoms with Crippen molar-refractivity contribution in [3.05, 3.63) is 45.5 Å². The van der Waals surface area contributed by atoms with Gasteiger partial charge in [0.1, 0.15) is 11.5 Å². The number of nitrogens with zero attached hydrogens (tertiary/aromatic N) is 1. The lowest BCUT2D eigenvalue weighted by Crippen LogP contribution is -1.90. The minimum Gasteiger partial charge on any atom is -0.367 e. The van der Waals surface area contributed by atoms with E-state index in [1.807, 2.05) is 0 Å². The van der Waals surface area contributed by atoms with E-state index in [-0.39, 0.29) is 16.5 Å². The van der Waals surface area contributed by atoms with Gasteiger partial charge in [0.15, 0.2) is 0 Å². The van der Waals surface area contributed by atoms with Gasteiger partial charge in [-0.15, -0.1) is 11.3 Å². The summed E-state index contributed by atoms with van der Waals surface area (Å²) in [6, 6.07) is 8.17. The molecule has 3 rings (SSSR count). The molecular weight excluding hydrogens is 322 g/mol. The van der Waals surface area contributed by atoms with Crippen LogP contribution in [0.3, 0.4) is 0 Å². The summed E-state index contributed by atoms with van der Waals surface area (Å²) >= 11 is 13.0. The summed E-state index contributed by atoms with van der Waals surface area (Å²) < 4.78 is 19.8. The summed E-state index contributed by atoms with van der Waals surface area (Å²) in [6.45, 7) is 0. The minimum atomic E-state index is -0.562. The van der Waals surface area contributed by atoms with Crippen molar-refractivity contribution in [3.63, 3.8) is 0 Å². The molecule has 2 aromatic heterocycles. The SMILES string of the molecule is Nc1onc(-c2ccc(Cl)s2)c1-c1cccc(Cl)c1F. The predicted molar refractivity (Wildman–Crippen MR) is 79.6 cm³/mol. The summed E-state index contributed by atoms with van der Waals surface area (Å²) in [5, 5.41) is 3.90. The number of rotatable bonds is 2. The average molecular weight is 329 g/mol. The highest BCUT2D eigenvalue weighted by Crippen LogP contribution is 2.41. The molecule has 3 aromatic rings. The third kappa shape index (κ3) is 2.18. The second kappa shape index (κ2) is 5.09. The van der Waals surface area contributed by atoms with Crippen LogP contribution in [0.4, 0.5) is 10.3 Å². The van der Waals surface area contributed by atoms with E-state index >= 15 is 0 Å². The van der Waals surface area contributed by atoms with Crippen LogP contribution in [0, 0.1) is 5.82 Å². The molecular formula is C13H7Cl2FN2OS. The second-order valence-electron chi connectivity index (χ2n) is 3.98. The summed E-state index contributed by atoms with van der Waals surface area (Å²) in [5.74, 6) is -0.529. The van der Waals surface area contributed by atoms with E-state index < -0.39 is 5.82 Å². The quantitative estimate of drug-likeness (QED) is 0.712. The lowest BCUT2D eigenvalue weighted by Gasteiger charge is -2.04. The van der Waals surface area contributed by atoms with Gasteiger partial charge in [0.05, 0.1) is 19.8 Å². The maximum absolute atomic E-state index is 14.2. The Labute approximate surface area is 127 Å². The van der Waals surface area contributed by atoms with Gasteiger partial charge in [-0.3, -0.25) is 0 Å². The van der Waals surface area contributed by atoms with Crippen LogP contribution < -0.4 is 5.73 Å². The van der Waals surface area contributed by atoms with Crippen LogP contribution in [-0.4, -0.2) is 5.16 Å². The molecule has 0 saturated carbocycles. The first-order valence-electron chi connectivity index (χ1n) is 5.53. The molecule has 0 fully saturated rings. The van der Waals surface area contributed by atoms with Crippen LogP contribution in [0.2, 0.25) is 9.36 Å². The number of benzene rings is 1. The van der Waals surface area contributed by atoms with Gasteiger partial charge in [-0.1, -0.05) is 40.5 Å². The first-order valence-corrected chi connectivity index (χ1v) is 7.10. The molecule has 3 nitrogen and oxygen atoms in total. The van der Waals surface area contributed by atoms with E-state index in [4.69, 9.17) is 33.5 Å². The molecule has 0 aliphatic heterocycles. The highest BCUT2D eigenvalue weighted by molar-refractivity contribution is 7.19. The molecule has 20 heavy (non-hydrogen) atoms. The van der Waals surface area contributed by atoms with Gasteiger partial charge >= 0.3 is 0 Å². The van der Waals surface area contributed by atoms with Crippen molar-refractivity contribution in [3.8, 4) is 21.7 Å². The molecule has 0 radical (unpaired) electrons.